The molecule has 3 heterocycles. The van der Waals surface area contributed by atoms with Crippen LogP contribution < -0.4 is 10.6 Å². The van der Waals surface area contributed by atoms with Crippen LogP contribution in [0.1, 0.15) is 48.7 Å². The van der Waals surface area contributed by atoms with Gasteiger partial charge < -0.3 is 15.2 Å². The quantitative estimate of drug-likeness (QED) is 0.562. The third-order valence-corrected chi connectivity index (χ3v) is 5.45. The van der Waals surface area contributed by atoms with Crippen LogP contribution in [0.5, 0.6) is 0 Å². The molecule has 3 N–H and O–H groups in total. The summed E-state index contributed by atoms with van der Waals surface area (Å²) in [5.74, 6) is 0.853. The number of piperidine rings is 1. The SMILES string of the molecule is CC(=O)Nc1cn[nH]c1C1CCCN(C(C(=O)Nc2cc(C)on2)c2ccccc2)C1. The summed E-state index contributed by atoms with van der Waals surface area (Å²) in [5.41, 5.74) is 2.49. The van der Waals surface area contributed by atoms with E-state index < -0.39 is 6.04 Å². The van der Waals surface area contributed by atoms with Crippen LogP contribution in [0.2, 0.25) is 0 Å². The molecule has 0 bridgehead atoms. The molecule has 0 aliphatic carbocycles. The molecule has 1 saturated heterocycles. The molecule has 4 rings (SSSR count). The second kappa shape index (κ2) is 9.13. The standard InChI is InChI=1S/C22H26N6O3/c1-14-11-19(27-31-14)25-22(30)21(16-7-4-3-5-8-16)28-10-6-9-17(13-28)20-18(12-23-26-20)24-15(2)29/h3-5,7-8,11-12,17,21H,6,9-10,13H2,1-2H3,(H,23,26)(H,24,29)(H,25,27,30). The molecule has 9 nitrogen and oxygen atoms in total. The molecule has 2 atom stereocenters. The fourth-order valence-corrected chi connectivity index (χ4v) is 4.16. The molecule has 31 heavy (non-hydrogen) atoms. The summed E-state index contributed by atoms with van der Waals surface area (Å²) in [6.45, 7) is 4.69. The summed E-state index contributed by atoms with van der Waals surface area (Å²) >= 11 is 0. The topological polar surface area (TPSA) is 116 Å². The summed E-state index contributed by atoms with van der Waals surface area (Å²) in [6.07, 6.45) is 3.49. The van der Waals surface area contributed by atoms with Crippen LogP contribution in [0.15, 0.2) is 47.1 Å². The van der Waals surface area contributed by atoms with Gasteiger partial charge in [-0.2, -0.15) is 5.10 Å². The van der Waals surface area contributed by atoms with Crippen LogP contribution in [0.4, 0.5) is 11.5 Å². The Bertz CT molecular complexity index is 1040. The highest BCUT2D eigenvalue weighted by Gasteiger charge is 2.34. The Morgan fingerprint density at radius 1 is 1.26 bits per heavy atom. The first-order chi connectivity index (χ1) is 15.0. The van der Waals surface area contributed by atoms with Crippen molar-refractivity contribution in [3.63, 3.8) is 0 Å². The van der Waals surface area contributed by atoms with Crippen molar-refractivity contribution >= 4 is 23.3 Å². The Hall–Kier alpha value is -3.46. The van der Waals surface area contributed by atoms with Crippen LogP contribution in [0.25, 0.3) is 0 Å². The Morgan fingerprint density at radius 2 is 2.06 bits per heavy atom. The van der Waals surface area contributed by atoms with Gasteiger partial charge in [-0.3, -0.25) is 19.6 Å². The van der Waals surface area contributed by atoms with Gasteiger partial charge in [-0.05, 0) is 31.9 Å². The van der Waals surface area contributed by atoms with Crippen molar-refractivity contribution in [1.29, 1.82) is 0 Å². The minimum absolute atomic E-state index is 0.117. The number of likely N-dealkylation sites (tertiary alicyclic amines) is 1. The number of nitrogens with one attached hydrogen (secondary N) is 3. The van der Waals surface area contributed by atoms with Crippen LogP contribution >= 0.6 is 0 Å². The lowest BCUT2D eigenvalue weighted by atomic mass is 9.91. The fourth-order valence-electron chi connectivity index (χ4n) is 4.16. The smallest absolute Gasteiger partial charge is 0.247 e. The maximum Gasteiger partial charge on any atom is 0.247 e. The van der Waals surface area contributed by atoms with Gasteiger partial charge in [0.05, 0.1) is 17.6 Å². The van der Waals surface area contributed by atoms with Gasteiger partial charge in [-0.15, -0.1) is 0 Å². The maximum atomic E-state index is 13.3. The van der Waals surface area contributed by atoms with Gasteiger partial charge in [0, 0.05) is 25.5 Å². The van der Waals surface area contributed by atoms with E-state index >= 15 is 0 Å². The number of anilines is 2. The molecule has 0 radical (unpaired) electrons. The monoisotopic (exact) mass is 422 g/mol. The molecule has 1 fully saturated rings. The van der Waals surface area contributed by atoms with E-state index in [-0.39, 0.29) is 17.7 Å². The molecule has 0 saturated carbocycles. The third kappa shape index (κ3) is 4.83. The van der Waals surface area contributed by atoms with E-state index in [0.717, 1.165) is 30.6 Å². The highest BCUT2D eigenvalue weighted by molar-refractivity contribution is 5.94. The Morgan fingerprint density at radius 3 is 2.77 bits per heavy atom. The second-order valence-corrected chi connectivity index (χ2v) is 7.84. The van der Waals surface area contributed by atoms with Crippen LogP contribution in [0.3, 0.4) is 0 Å². The first-order valence-corrected chi connectivity index (χ1v) is 10.4. The largest absolute Gasteiger partial charge is 0.360 e. The number of aromatic nitrogens is 3. The number of rotatable bonds is 6. The van der Waals surface area contributed by atoms with Crippen LogP contribution in [-0.2, 0) is 9.59 Å². The van der Waals surface area contributed by atoms with Gasteiger partial charge in [0.25, 0.3) is 0 Å². The first-order valence-electron chi connectivity index (χ1n) is 10.4. The van der Waals surface area contributed by atoms with Crippen molar-refractivity contribution in [1.82, 2.24) is 20.3 Å². The zero-order chi connectivity index (χ0) is 21.8. The molecule has 162 valence electrons. The number of nitrogens with zero attached hydrogens (tertiary/aromatic N) is 3. The van der Waals surface area contributed by atoms with Crippen molar-refractivity contribution < 1.29 is 14.1 Å². The maximum absolute atomic E-state index is 13.3. The summed E-state index contributed by atoms with van der Waals surface area (Å²) in [6, 6.07) is 10.9. The highest BCUT2D eigenvalue weighted by atomic mass is 16.5. The van der Waals surface area contributed by atoms with E-state index in [2.05, 4.69) is 30.9 Å². The van der Waals surface area contributed by atoms with Gasteiger partial charge in [-0.25, -0.2) is 0 Å². The predicted octanol–water partition coefficient (Wildman–Crippen LogP) is 3.22. The third-order valence-electron chi connectivity index (χ3n) is 5.45. The first kappa shape index (κ1) is 20.8. The molecule has 0 spiro atoms. The van der Waals surface area contributed by atoms with E-state index in [9.17, 15) is 9.59 Å². The highest BCUT2D eigenvalue weighted by Crippen LogP contribution is 2.34. The Balaban J connectivity index is 1.58. The number of hydrogen-bond acceptors (Lipinski definition) is 6. The zero-order valence-corrected chi connectivity index (χ0v) is 17.6. The van der Waals surface area contributed by atoms with E-state index in [4.69, 9.17) is 4.52 Å². The van der Waals surface area contributed by atoms with Gasteiger partial charge in [0.15, 0.2) is 5.82 Å². The van der Waals surface area contributed by atoms with Gasteiger partial charge in [0.1, 0.15) is 11.8 Å². The van der Waals surface area contributed by atoms with E-state index in [1.165, 1.54) is 6.92 Å². The van der Waals surface area contributed by atoms with E-state index in [1.54, 1.807) is 19.2 Å². The Labute approximate surface area is 180 Å². The molecule has 3 aromatic rings. The van der Waals surface area contributed by atoms with Crippen molar-refractivity contribution in [3.05, 3.63) is 59.6 Å². The second-order valence-electron chi connectivity index (χ2n) is 7.84. The molecule has 9 heteroatoms. The number of aromatic amines is 1. The molecule has 2 amide bonds. The summed E-state index contributed by atoms with van der Waals surface area (Å²) < 4.78 is 5.08. The predicted molar refractivity (Wildman–Crippen MR) is 115 cm³/mol. The minimum atomic E-state index is -0.479. The molecular formula is C22H26N6O3. The lowest BCUT2D eigenvalue weighted by molar-refractivity contribution is -0.122. The van der Waals surface area contributed by atoms with Gasteiger partial charge in [0.2, 0.25) is 11.8 Å². The zero-order valence-electron chi connectivity index (χ0n) is 17.6. The van der Waals surface area contributed by atoms with Gasteiger partial charge in [-0.1, -0.05) is 35.5 Å². The van der Waals surface area contributed by atoms with Crippen molar-refractivity contribution in [3.8, 4) is 0 Å². The lowest BCUT2D eigenvalue weighted by Gasteiger charge is -2.37. The lowest BCUT2D eigenvalue weighted by Crippen LogP contribution is -2.42. The Kier molecular flexibility index (Phi) is 6.13. The van der Waals surface area contributed by atoms with Gasteiger partial charge >= 0.3 is 0 Å². The molecular weight excluding hydrogens is 396 g/mol. The van der Waals surface area contributed by atoms with Crippen molar-refractivity contribution in [2.75, 3.05) is 23.7 Å². The molecule has 1 aromatic carbocycles. The number of hydrogen-bond donors (Lipinski definition) is 3. The van der Waals surface area contributed by atoms with Crippen LogP contribution in [-0.4, -0.2) is 45.2 Å². The van der Waals surface area contributed by atoms with E-state index in [0.29, 0.717) is 23.8 Å². The summed E-state index contributed by atoms with van der Waals surface area (Å²) in [5, 5.41) is 16.8. The number of aryl methyl sites for hydroxylation is 1. The molecule has 1 aliphatic rings. The minimum Gasteiger partial charge on any atom is -0.360 e. The van der Waals surface area contributed by atoms with Crippen molar-refractivity contribution in [2.45, 2.75) is 38.6 Å². The summed E-state index contributed by atoms with van der Waals surface area (Å²) in [4.78, 5) is 27.0. The molecule has 2 aromatic heterocycles. The van der Waals surface area contributed by atoms with E-state index in [1.807, 2.05) is 30.3 Å². The summed E-state index contributed by atoms with van der Waals surface area (Å²) in [7, 11) is 0. The average molecular weight is 422 g/mol. The number of carbonyl (C=O) groups is 2. The fraction of sp³-hybridized carbons (Fsp3) is 0.364. The normalized spacial score (nSPS) is 17.8. The number of benzene rings is 1. The number of amides is 2. The average Bonchev–Trinajstić information content (AvgIpc) is 3.37. The van der Waals surface area contributed by atoms with Crippen LogP contribution in [0, 0.1) is 6.92 Å². The number of H-pyrrole nitrogens is 1. The number of carbonyl (C=O) groups excluding carboxylic acids is 2. The molecule has 2 unspecified atom stereocenters. The molecule has 1 aliphatic heterocycles. The van der Waals surface area contributed by atoms with Crippen molar-refractivity contribution in [2.24, 2.45) is 0 Å².